The Kier molecular flexibility index (Phi) is 7.06. The van der Waals surface area contributed by atoms with Crippen LogP contribution in [-0.4, -0.2) is 30.9 Å². The first-order valence-corrected chi connectivity index (χ1v) is 8.77. The zero-order valence-electron chi connectivity index (χ0n) is 14.9. The van der Waals surface area contributed by atoms with Gasteiger partial charge in [-0.15, -0.1) is 0 Å². The van der Waals surface area contributed by atoms with Crippen molar-refractivity contribution in [2.75, 3.05) is 13.2 Å². The van der Waals surface area contributed by atoms with E-state index < -0.39 is 23.5 Å². The molecule has 0 heterocycles. The summed E-state index contributed by atoms with van der Waals surface area (Å²) < 4.78 is 24.5. The summed E-state index contributed by atoms with van der Waals surface area (Å²) in [6.45, 7) is 5.56. The number of hydrogen-bond donors (Lipinski definition) is 0. The maximum atomic E-state index is 14.7. The number of Topliss-reactive ketones (excluding diaryl/α,β-unsaturated/α-hetero) is 1. The molecule has 5 nitrogen and oxygen atoms in total. The van der Waals surface area contributed by atoms with Gasteiger partial charge in [-0.1, -0.05) is 24.8 Å². The predicted molar refractivity (Wildman–Crippen MR) is 93.3 cm³/mol. The highest BCUT2D eigenvalue weighted by molar-refractivity contribution is 6.10. The quantitative estimate of drug-likeness (QED) is 0.404. The number of carbonyl (C=O) groups excluding carboxylic acids is 3. The molecule has 0 aromatic heterocycles. The molecule has 0 fully saturated rings. The minimum atomic E-state index is -0.892. The van der Waals surface area contributed by atoms with Crippen molar-refractivity contribution in [1.82, 2.24) is 0 Å². The van der Waals surface area contributed by atoms with Crippen molar-refractivity contribution in [3.05, 3.63) is 47.3 Å². The van der Waals surface area contributed by atoms with Crippen LogP contribution in [-0.2, 0) is 31.9 Å². The average molecular weight is 362 g/mol. The largest absolute Gasteiger partial charge is 0.466 e. The Morgan fingerprint density at radius 2 is 2.12 bits per heavy atom. The van der Waals surface area contributed by atoms with E-state index in [0.717, 1.165) is 0 Å². The maximum Gasteiger partial charge on any atom is 0.317 e. The Morgan fingerprint density at radius 1 is 1.35 bits per heavy atom. The molecule has 6 heteroatoms. The van der Waals surface area contributed by atoms with Crippen LogP contribution in [0.4, 0.5) is 4.39 Å². The number of halogens is 1. The van der Waals surface area contributed by atoms with Gasteiger partial charge in [0, 0.05) is 12.0 Å². The van der Waals surface area contributed by atoms with Crippen LogP contribution in [0.3, 0.4) is 0 Å². The Morgan fingerprint density at radius 3 is 2.81 bits per heavy atom. The molecule has 26 heavy (non-hydrogen) atoms. The van der Waals surface area contributed by atoms with Gasteiger partial charge in [0.25, 0.3) is 0 Å². The number of esters is 2. The molecule has 2 rings (SSSR count). The van der Waals surface area contributed by atoms with Crippen LogP contribution in [0, 0.1) is 11.7 Å². The number of rotatable bonds is 8. The summed E-state index contributed by atoms with van der Waals surface area (Å²) in [6, 6.07) is 3.11. The normalized spacial score (nSPS) is 15.9. The van der Waals surface area contributed by atoms with Crippen molar-refractivity contribution in [3.63, 3.8) is 0 Å². The van der Waals surface area contributed by atoms with Gasteiger partial charge >= 0.3 is 11.9 Å². The fourth-order valence-electron chi connectivity index (χ4n) is 3.07. The molecule has 1 aromatic carbocycles. The molecule has 0 saturated heterocycles. The summed E-state index contributed by atoms with van der Waals surface area (Å²) in [5.74, 6) is -2.62. The van der Waals surface area contributed by atoms with Gasteiger partial charge in [0.05, 0.1) is 6.61 Å². The van der Waals surface area contributed by atoms with E-state index in [4.69, 9.17) is 9.47 Å². The van der Waals surface area contributed by atoms with Crippen molar-refractivity contribution in [1.29, 1.82) is 0 Å². The summed E-state index contributed by atoms with van der Waals surface area (Å²) in [5, 5.41) is 0. The number of hydrogen-bond acceptors (Lipinski definition) is 5. The minimum absolute atomic E-state index is 0.0449. The van der Waals surface area contributed by atoms with Gasteiger partial charge in [0.15, 0.2) is 5.78 Å². The highest BCUT2D eigenvalue weighted by Gasteiger charge is 2.35. The third kappa shape index (κ3) is 4.56. The van der Waals surface area contributed by atoms with E-state index in [0.29, 0.717) is 37.0 Å². The number of fused-ring (bicyclic) bond motifs is 1. The Balaban J connectivity index is 2.07. The first-order chi connectivity index (χ1) is 12.5. The SMILES string of the molecule is C=CCOC(=O)C1CCc2c(ccc(CCCC(=O)OCC)c2F)C1=O. The lowest BCUT2D eigenvalue weighted by atomic mass is 9.81. The van der Waals surface area contributed by atoms with E-state index in [9.17, 15) is 18.8 Å². The summed E-state index contributed by atoms with van der Waals surface area (Å²) in [7, 11) is 0. The lowest BCUT2D eigenvalue weighted by Gasteiger charge is -2.23. The molecule has 140 valence electrons. The van der Waals surface area contributed by atoms with Crippen molar-refractivity contribution in [2.24, 2.45) is 5.92 Å². The molecule has 0 radical (unpaired) electrons. The second kappa shape index (κ2) is 9.27. The zero-order valence-corrected chi connectivity index (χ0v) is 14.9. The van der Waals surface area contributed by atoms with Crippen LogP contribution in [0.2, 0.25) is 0 Å². The molecule has 0 N–H and O–H groups in total. The molecule has 1 unspecified atom stereocenters. The second-order valence-electron chi connectivity index (χ2n) is 6.10. The number of ether oxygens (including phenoxy) is 2. The van der Waals surface area contributed by atoms with E-state index in [1.165, 1.54) is 6.08 Å². The smallest absolute Gasteiger partial charge is 0.317 e. The molecular weight excluding hydrogens is 339 g/mol. The van der Waals surface area contributed by atoms with Crippen LogP contribution in [0.5, 0.6) is 0 Å². The molecule has 0 saturated carbocycles. The van der Waals surface area contributed by atoms with E-state index >= 15 is 0 Å². The number of aryl methyl sites for hydroxylation is 1. The van der Waals surface area contributed by atoms with Crippen molar-refractivity contribution in [3.8, 4) is 0 Å². The molecule has 0 amide bonds. The third-order valence-corrected chi connectivity index (χ3v) is 4.35. The van der Waals surface area contributed by atoms with Gasteiger partial charge in [0.1, 0.15) is 18.3 Å². The Bertz CT molecular complexity index is 710. The van der Waals surface area contributed by atoms with Gasteiger partial charge in [-0.2, -0.15) is 0 Å². The molecular formula is C20H23FO5. The van der Waals surface area contributed by atoms with E-state index in [-0.39, 0.29) is 31.0 Å². The fraction of sp³-hybridized carbons (Fsp3) is 0.450. The van der Waals surface area contributed by atoms with E-state index in [1.54, 1.807) is 19.1 Å². The summed E-state index contributed by atoms with van der Waals surface area (Å²) in [5.41, 5.74) is 1.05. The second-order valence-corrected chi connectivity index (χ2v) is 6.10. The van der Waals surface area contributed by atoms with Crippen molar-refractivity contribution in [2.45, 2.75) is 39.0 Å². The van der Waals surface area contributed by atoms with Gasteiger partial charge in [-0.3, -0.25) is 14.4 Å². The van der Waals surface area contributed by atoms with E-state index in [2.05, 4.69) is 6.58 Å². The lowest BCUT2D eigenvalue weighted by Crippen LogP contribution is -2.31. The summed E-state index contributed by atoms with van der Waals surface area (Å²) in [4.78, 5) is 35.8. The first kappa shape index (κ1) is 19.8. The van der Waals surface area contributed by atoms with Gasteiger partial charge in [0.2, 0.25) is 0 Å². The predicted octanol–water partition coefficient (Wildman–Crippen LogP) is 3.19. The van der Waals surface area contributed by atoms with Crippen molar-refractivity contribution >= 4 is 17.7 Å². The summed E-state index contributed by atoms with van der Waals surface area (Å²) >= 11 is 0. The van der Waals surface area contributed by atoms with E-state index in [1.807, 2.05) is 0 Å². The monoisotopic (exact) mass is 362 g/mol. The van der Waals surface area contributed by atoms with Gasteiger partial charge < -0.3 is 9.47 Å². The van der Waals surface area contributed by atoms with Gasteiger partial charge in [-0.25, -0.2) is 4.39 Å². The standard InChI is InChI=1S/C20H23FO5/c1-3-12-26-20(24)16-11-10-14-15(19(16)23)9-8-13(18(14)21)6-5-7-17(22)25-4-2/h3,8-9,16H,1,4-7,10-12H2,2H3. The maximum absolute atomic E-state index is 14.7. The minimum Gasteiger partial charge on any atom is -0.466 e. The van der Waals surface area contributed by atoms with Crippen LogP contribution < -0.4 is 0 Å². The molecule has 1 aliphatic rings. The highest BCUT2D eigenvalue weighted by atomic mass is 19.1. The fourth-order valence-corrected chi connectivity index (χ4v) is 3.07. The Hall–Kier alpha value is -2.50. The van der Waals surface area contributed by atoms with Crippen LogP contribution in [0.25, 0.3) is 0 Å². The van der Waals surface area contributed by atoms with Crippen LogP contribution in [0.15, 0.2) is 24.8 Å². The number of carbonyl (C=O) groups is 3. The molecule has 0 bridgehead atoms. The average Bonchev–Trinajstić information content (AvgIpc) is 2.62. The van der Waals surface area contributed by atoms with Crippen molar-refractivity contribution < 1.29 is 28.2 Å². The molecule has 1 aromatic rings. The third-order valence-electron chi connectivity index (χ3n) is 4.35. The van der Waals surface area contributed by atoms with Crippen LogP contribution in [0.1, 0.15) is 47.7 Å². The topological polar surface area (TPSA) is 69.7 Å². The zero-order chi connectivity index (χ0) is 19.1. The lowest BCUT2D eigenvalue weighted by molar-refractivity contribution is -0.146. The van der Waals surface area contributed by atoms with Gasteiger partial charge in [-0.05, 0) is 43.7 Å². The molecule has 1 atom stereocenters. The van der Waals surface area contributed by atoms with Crippen LogP contribution >= 0.6 is 0 Å². The summed E-state index contributed by atoms with van der Waals surface area (Å²) in [6.07, 6.45) is 3.04. The number of ketones is 1. The number of benzene rings is 1. The Labute approximate surface area is 152 Å². The molecule has 0 spiro atoms. The molecule has 1 aliphatic carbocycles. The first-order valence-electron chi connectivity index (χ1n) is 8.77. The highest BCUT2D eigenvalue weighted by Crippen LogP contribution is 2.30. The molecule has 0 aliphatic heterocycles.